The number of phosphoric acid groups is 1. The fourth-order valence-electron chi connectivity index (χ4n) is 9.69. The Bertz CT molecular complexity index is 1320. The Kier molecular flexibility index (Phi) is 56.0. The average molecular weight is 1080 g/mol. The molecule has 2 atom stereocenters. The van der Waals surface area contributed by atoms with Crippen LogP contribution in [0.5, 0.6) is 0 Å². The van der Waals surface area contributed by atoms with Crippen molar-refractivity contribution in [3.05, 3.63) is 24.3 Å². The van der Waals surface area contributed by atoms with Crippen LogP contribution >= 0.6 is 7.82 Å². The number of ether oxygens (including phenoxy) is 2. The van der Waals surface area contributed by atoms with E-state index in [4.69, 9.17) is 18.5 Å². The standard InChI is InChI=1S/C65H126NO8P/c1-6-8-10-12-14-16-18-20-22-24-25-26-27-28-29-30-31-32-33-34-35-36-37-38-39-40-41-42-44-46-48-50-52-54-56-58-65(68)74-63(62-73-75(69,70)72-60-59-66(3,4)5)61-71-64(67)57-55-53-51-49-47-45-43-23-21-19-17-15-13-11-9-7-2/h18,20,24-25,63H,6-17,19,21-23,26-62H2,1-5H3/b20-18-,25-24-. The lowest BCUT2D eigenvalue weighted by Gasteiger charge is -2.28. The van der Waals surface area contributed by atoms with Crippen LogP contribution in [0.15, 0.2) is 24.3 Å². The van der Waals surface area contributed by atoms with E-state index in [9.17, 15) is 19.0 Å². The second-order valence-electron chi connectivity index (χ2n) is 23.5. The Balaban J connectivity index is 3.94. The van der Waals surface area contributed by atoms with E-state index < -0.39 is 26.5 Å². The van der Waals surface area contributed by atoms with Gasteiger partial charge in [-0.25, -0.2) is 0 Å². The maximum atomic E-state index is 12.8. The lowest BCUT2D eigenvalue weighted by molar-refractivity contribution is -0.870. The smallest absolute Gasteiger partial charge is 0.306 e. The first-order chi connectivity index (χ1) is 36.5. The number of carbonyl (C=O) groups is 2. The number of nitrogens with zero attached hydrogens (tertiary/aromatic N) is 1. The van der Waals surface area contributed by atoms with Gasteiger partial charge < -0.3 is 27.9 Å². The third-order valence-electron chi connectivity index (χ3n) is 14.7. The van der Waals surface area contributed by atoms with Gasteiger partial charge in [0.1, 0.15) is 19.8 Å². The minimum absolute atomic E-state index is 0.0266. The average Bonchev–Trinajstić information content (AvgIpc) is 3.37. The predicted molar refractivity (Wildman–Crippen MR) is 319 cm³/mol. The summed E-state index contributed by atoms with van der Waals surface area (Å²) in [7, 11) is 1.19. The Morgan fingerprint density at radius 2 is 0.720 bits per heavy atom. The topological polar surface area (TPSA) is 111 Å². The molecule has 0 aliphatic rings. The fourth-order valence-corrected chi connectivity index (χ4v) is 10.4. The van der Waals surface area contributed by atoms with Crippen LogP contribution in [0.4, 0.5) is 0 Å². The van der Waals surface area contributed by atoms with E-state index in [1.165, 1.54) is 257 Å². The number of esters is 2. The molecule has 2 unspecified atom stereocenters. The van der Waals surface area contributed by atoms with Crippen LogP contribution in [0.25, 0.3) is 0 Å². The zero-order chi connectivity index (χ0) is 54.9. The van der Waals surface area contributed by atoms with Crippen molar-refractivity contribution in [2.75, 3.05) is 47.5 Å². The minimum Gasteiger partial charge on any atom is -0.756 e. The molecule has 0 aromatic carbocycles. The van der Waals surface area contributed by atoms with Gasteiger partial charge in [-0.3, -0.25) is 14.2 Å². The van der Waals surface area contributed by atoms with Crippen molar-refractivity contribution in [2.24, 2.45) is 0 Å². The van der Waals surface area contributed by atoms with Gasteiger partial charge in [-0.1, -0.05) is 295 Å². The maximum Gasteiger partial charge on any atom is 0.306 e. The van der Waals surface area contributed by atoms with E-state index in [1.54, 1.807) is 0 Å². The van der Waals surface area contributed by atoms with Gasteiger partial charge in [0.25, 0.3) is 7.82 Å². The molecule has 0 fully saturated rings. The second kappa shape index (κ2) is 57.2. The van der Waals surface area contributed by atoms with E-state index in [-0.39, 0.29) is 32.0 Å². The number of allylic oxidation sites excluding steroid dienone is 4. The molecular formula is C65H126NO8P. The van der Waals surface area contributed by atoms with Gasteiger partial charge in [0.15, 0.2) is 6.10 Å². The third-order valence-corrected chi connectivity index (χ3v) is 15.7. The summed E-state index contributed by atoms with van der Waals surface area (Å²) in [6.07, 6.45) is 69.7. The molecule has 0 amide bonds. The van der Waals surface area contributed by atoms with Crippen molar-refractivity contribution < 1.29 is 42.1 Å². The van der Waals surface area contributed by atoms with E-state index in [0.29, 0.717) is 17.4 Å². The lowest BCUT2D eigenvalue weighted by atomic mass is 10.0. The van der Waals surface area contributed by atoms with E-state index in [2.05, 4.69) is 38.2 Å². The van der Waals surface area contributed by atoms with Gasteiger partial charge in [0, 0.05) is 12.8 Å². The molecule has 0 saturated heterocycles. The molecule has 0 N–H and O–H groups in total. The molecule has 0 rings (SSSR count). The molecule has 444 valence electrons. The van der Waals surface area contributed by atoms with Crippen molar-refractivity contribution in [3.63, 3.8) is 0 Å². The number of likely N-dealkylation sites (N-methyl/N-ethyl adjacent to an activating group) is 1. The highest BCUT2D eigenvalue weighted by Crippen LogP contribution is 2.38. The van der Waals surface area contributed by atoms with E-state index >= 15 is 0 Å². The van der Waals surface area contributed by atoms with Crippen molar-refractivity contribution in [2.45, 2.75) is 335 Å². The molecule has 0 aromatic rings. The monoisotopic (exact) mass is 1080 g/mol. The highest BCUT2D eigenvalue weighted by Gasteiger charge is 2.22. The molecule has 10 heteroatoms. The van der Waals surface area contributed by atoms with Gasteiger partial charge >= 0.3 is 11.9 Å². The Labute approximate surface area is 466 Å². The van der Waals surface area contributed by atoms with E-state index in [1.807, 2.05) is 21.1 Å². The van der Waals surface area contributed by atoms with Gasteiger partial charge in [-0.05, 0) is 44.9 Å². The van der Waals surface area contributed by atoms with Gasteiger partial charge in [-0.2, -0.15) is 0 Å². The number of rotatable bonds is 61. The van der Waals surface area contributed by atoms with Crippen LogP contribution in [-0.2, 0) is 32.7 Å². The summed E-state index contributed by atoms with van der Waals surface area (Å²) in [5, 5.41) is 0. The molecule has 0 heterocycles. The largest absolute Gasteiger partial charge is 0.756 e. The summed E-state index contributed by atoms with van der Waals surface area (Å²) < 4.78 is 34.2. The number of unbranched alkanes of at least 4 members (excludes halogenated alkanes) is 43. The molecule has 0 spiro atoms. The molecule has 0 bridgehead atoms. The quantitative estimate of drug-likeness (QED) is 0.0195. The van der Waals surface area contributed by atoms with E-state index in [0.717, 1.165) is 38.5 Å². The summed E-state index contributed by atoms with van der Waals surface area (Å²) >= 11 is 0. The SMILES string of the molecule is CCCCCCC/C=C\C/C=C\CCCCCCCCCCCCCCCCCCCCCCCCCC(=O)OC(COC(=O)CCCCCCCCCCCCCCCCCC)COP(=O)([O-])OCC[N+](C)(C)C. The Morgan fingerprint density at radius 1 is 0.413 bits per heavy atom. The van der Waals surface area contributed by atoms with Crippen LogP contribution in [-0.4, -0.2) is 70.0 Å². The van der Waals surface area contributed by atoms with Crippen LogP contribution in [0.3, 0.4) is 0 Å². The lowest BCUT2D eigenvalue weighted by Crippen LogP contribution is -2.37. The fraction of sp³-hybridized carbons (Fsp3) is 0.908. The summed E-state index contributed by atoms with van der Waals surface area (Å²) in [6.45, 7) is 4.29. The van der Waals surface area contributed by atoms with Crippen molar-refractivity contribution >= 4 is 19.8 Å². The van der Waals surface area contributed by atoms with Crippen molar-refractivity contribution in [3.8, 4) is 0 Å². The molecule has 0 radical (unpaired) electrons. The van der Waals surface area contributed by atoms with Gasteiger partial charge in [0.2, 0.25) is 0 Å². The first-order valence-corrected chi connectivity index (χ1v) is 34.0. The van der Waals surface area contributed by atoms with Gasteiger partial charge in [-0.15, -0.1) is 0 Å². The molecule has 75 heavy (non-hydrogen) atoms. The Hall–Kier alpha value is -1.51. The van der Waals surface area contributed by atoms with Gasteiger partial charge in [0.05, 0.1) is 27.7 Å². The number of phosphoric ester groups is 1. The van der Waals surface area contributed by atoms with Crippen molar-refractivity contribution in [1.29, 1.82) is 0 Å². The zero-order valence-electron chi connectivity index (χ0n) is 50.5. The normalized spacial score (nSPS) is 13.3. The minimum atomic E-state index is -4.63. The summed E-state index contributed by atoms with van der Waals surface area (Å²) in [6, 6.07) is 0. The summed E-state index contributed by atoms with van der Waals surface area (Å²) in [5.74, 6) is -0.812. The zero-order valence-corrected chi connectivity index (χ0v) is 51.4. The summed E-state index contributed by atoms with van der Waals surface area (Å²) in [5.41, 5.74) is 0. The maximum absolute atomic E-state index is 12.8. The molecule has 9 nitrogen and oxygen atoms in total. The number of hydrogen-bond acceptors (Lipinski definition) is 8. The molecule has 0 aromatic heterocycles. The molecule has 0 aliphatic carbocycles. The van der Waals surface area contributed by atoms with Crippen molar-refractivity contribution in [1.82, 2.24) is 0 Å². The first kappa shape index (κ1) is 73.5. The molecule has 0 aliphatic heterocycles. The summed E-state index contributed by atoms with van der Waals surface area (Å²) in [4.78, 5) is 37.9. The predicted octanol–water partition coefficient (Wildman–Crippen LogP) is 19.9. The van der Waals surface area contributed by atoms with Crippen LogP contribution in [0.2, 0.25) is 0 Å². The molecular weight excluding hydrogens is 954 g/mol. The number of carbonyl (C=O) groups excluding carboxylic acids is 2. The number of quaternary nitrogens is 1. The first-order valence-electron chi connectivity index (χ1n) is 32.5. The van der Waals surface area contributed by atoms with Crippen LogP contribution in [0, 0.1) is 0 Å². The third kappa shape index (κ3) is 61.6. The molecule has 0 saturated carbocycles. The second-order valence-corrected chi connectivity index (χ2v) is 24.9. The highest BCUT2D eigenvalue weighted by atomic mass is 31.2. The van der Waals surface area contributed by atoms with Crippen LogP contribution in [0.1, 0.15) is 328 Å². The number of hydrogen-bond donors (Lipinski definition) is 0. The van der Waals surface area contributed by atoms with Crippen LogP contribution < -0.4 is 4.89 Å². The Morgan fingerprint density at radius 3 is 1.05 bits per heavy atom. The highest BCUT2D eigenvalue weighted by molar-refractivity contribution is 7.45.